The van der Waals surface area contributed by atoms with E-state index in [2.05, 4.69) is 44.4 Å². The van der Waals surface area contributed by atoms with Gasteiger partial charge in [-0.15, -0.1) is 0 Å². The highest BCUT2D eigenvalue weighted by Crippen LogP contribution is 2.15. The molecule has 0 aliphatic carbocycles. The summed E-state index contributed by atoms with van der Waals surface area (Å²) >= 11 is 0. The van der Waals surface area contributed by atoms with Gasteiger partial charge in [0.25, 0.3) is 5.56 Å². The minimum absolute atomic E-state index is 0.0525. The Morgan fingerprint density at radius 3 is 2.93 bits per heavy atom. The fourth-order valence-corrected chi connectivity index (χ4v) is 3.20. The van der Waals surface area contributed by atoms with Crippen molar-refractivity contribution in [2.24, 2.45) is 7.05 Å². The molecule has 0 fully saturated rings. The van der Waals surface area contributed by atoms with Gasteiger partial charge < -0.3 is 9.88 Å². The number of hydrogen-bond donors (Lipinski definition) is 1. The third-order valence-electron chi connectivity index (χ3n) is 4.61. The molecule has 1 amide bonds. The minimum Gasteiger partial charge on any atom is -0.354 e. The highest BCUT2D eigenvalue weighted by atomic mass is 16.2. The summed E-state index contributed by atoms with van der Waals surface area (Å²) in [5, 5.41) is 8.50. The topological polar surface area (TPSA) is 86.7 Å². The van der Waals surface area contributed by atoms with E-state index in [-0.39, 0.29) is 18.0 Å². The number of nitrogens with one attached hydrogen (secondary N) is 1. The van der Waals surface area contributed by atoms with E-state index in [0.29, 0.717) is 17.6 Å². The van der Waals surface area contributed by atoms with Gasteiger partial charge in [0.15, 0.2) is 5.65 Å². The zero-order chi connectivity index (χ0) is 18.8. The number of benzene rings is 1. The van der Waals surface area contributed by atoms with Crippen molar-refractivity contribution in [3.63, 3.8) is 0 Å². The van der Waals surface area contributed by atoms with Crippen molar-refractivity contribution in [1.29, 1.82) is 0 Å². The molecule has 1 N–H and O–H groups in total. The number of hydrogen-bond acceptors (Lipinski definition) is 4. The Morgan fingerprint density at radius 1 is 1.19 bits per heavy atom. The van der Waals surface area contributed by atoms with Crippen LogP contribution in [0.3, 0.4) is 0 Å². The minimum atomic E-state index is -0.262. The number of aryl methyl sites for hydroxylation is 2. The average molecular weight is 364 g/mol. The molecular weight excluding hydrogens is 344 g/mol. The van der Waals surface area contributed by atoms with Crippen LogP contribution in [0.25, 0.3) is 21.9 Å². The Hall–Kier alpha value is -3.42. The smallest absolute Gasteiger partial charge is 0.264 e. The van der Waals surface area contributed by atoms with E-state index in [1.165, 1.54) is 32.7 Å². The van der Waals surface area contributed by atoms with Gasteiger partial charge in [0.2, 0.25) is 5.91 Å². The molecule has 138 valence electrons. The van der Waals surface area contributed by atoms with Gasteiger partial charge in [-0.1, -0.05) is 18.2 Å². The third-order valence-corrected chi connectivity index (χ3v) is 4.61. The van der Waals surface area contributed by atoms with Gasteiger partial charge in [-0.2, -0.15) is 5.10 Å². The highest BCUT2D eigenvalue weighted by molar-refractivity contribution is 5.80. The van der Waals surface area contributed by atoms with Crippen LogP contribution in [0.4, 0.5) is 0 Å². The molecule has 3 aromatic heterocycles. The maximum atomic E-state index is 12.4. The Bertz CT molecular complexity index is 1170. The van der Waals surface area contributed by atoms with E-state index >= 15 is 0 Å². The molecule has 0 atom stereocenters. The summed E-state index contributed by atoms with van der Waals surface area (Å²) in [5.74, 6) is -0.209. The molecular formula is C19H20N6O2. The Balaban J connectivity index is 1.32. The van der Waals surface area contributed by atoms with Crippen LogP contribution in [-0.4, -0.2) is 36.4 Å². The third kappa shape index (κ3) is 3.33. The van der Waals surface area contributed by atoms with Crippen molar-refractivity contribution in [3.8, 4) is 0 Å². The first-order valence-corrected chi connectivity index (χ1v) is 8.81. The summed E-state index contributed by atoms with van der Waals surface area (Å²) in [4.78, 5) is 28.7. The molecule has 0 aliphatic heterocycles. The lowest BCUT2D eigenvalue weighted by molar-refractivity contribution is -0.121. The fourth-order valence-electron chi connectivity index (χ4n) is 3.20. The number of carbonyl (C=O) groups is 1. The highest BCUT2D eigenvalue weighted by Gasteiger charge is 2.10. The number of amides is 1. The second-order valence-corrected chi connectivity index (χ2v) is 6.45. The van der Waals surface area contributed by atoms with Crippen LogP contribution in [0.5, 0.6) is 0 Å². The standard InChI is InChI=1S/C19H20N6O2/c1-23-18-15(11-22-23)19(27)25(13-21-18)12-17(26)20-8-4-9-24-10-7-14-5-2-3-6-16(14)24/h2-3,5-7,10-11,13H,4,8-9,12H2,1H3,(H,20,26). The van der Waals surface area contributed by atoms with Gasteiger partial charge in [-0.05, 0) is 23.9 Å². The number of nitrogens with zero attached hydrogens (tertiary/aromatic N) is 5. The van der Waals surface area contributed by atoms with Gasteiger partial charge in [0.1, 0.15) is 18.3 Å². The molecule has 0 spiro atoms. The van der Waals surface area contributed by atoms with Crippen molar-refractivity contribution >= 4 is 27.8 Å². The summed E-state index contributed by atoms with van der Waals surface area (Å²) in [6, 6.07) is 10.3. The van der Waals surface area contributed by atoms with Crippen LogP contribution in [0.1, 0.15) is 6.42 Å². The molecule has 0 unspecified atom stereocenters. The van der Waals surface area contributed by atoms with Crippen molar-refractivity contribution in [1.82, 2.24) is 29.2 Å². The molecule has 0 radical (unpaired) electrons. The van der Waals surface area contributed by atoms with Gasteiger partial charge in [0.05, 0.1) is 6.20 Å². The summed E-state index contributed by atoms with van der Waals surface area (Å²) in [6.45, 7) is 1.31. The van der Waals surface area contributed by atoms with E-state index < -0.39 is 0 Å². The molecule has 8 nitrogen and oxygen atoms in total. The first-order valence-electron chi connectivity index (χ1n) is 8.81. The Labute approximate surface area is 155 Å². The van der Waals surface area contributed by atoms with Crippen LogP contribution in [0.2, 0.25) is 0 Å². The van der Waals surface area contributed by atoms with Gasteiger partial charge >= 0.3 is 0 Å². The van der Waals surface area contributed by atoms with Crippen LogP contribution in [-0.2, 0) is 24.9 Å². The Kier molecular flexibility index (Phi) is 4.45. The molecule has 0 aliphatic rings. The second kappa shape index (κ2) is 7.06. The van der Waals surface area contributed by atoms with E-state index in [0.717, 1.165) is 13.0 Å². The lowest BCUT2D eigenvalue weighted by Gasteiger charge is -2.08. The first-order chi connectivity index (χ1) is 13.1. The zero-order valence-corrected chi connectivity index (χ0v) is 15.0. The van der Waals surface area contributed by atoms with Crippen molar-refractivity contribution in [2.75, 3.05) is 6.54 Å². The summed E-state index contributed by atoms with van der Waals surface area (Å²) < 4.78 is 5.01. The van der Waals surface area contributed by atoms with Crippen molar-refractivity contribution in [2.45, 2.75) is 19.5 Å². The maximum Gasteiger partial charge on any atom is 0.264 e. The van der Waals surface area contributed by atoms with E-state index in [9.17, 15) is 9.59 Å². The molecule has 8 heteroatoms. The summed E-state index contributed by atoms with van der Waals surface area (Å²) in [6.07, 6.45) is 5.72. The summed E-state index contributed by atoms with van der Waals surface area (Å²) in [5.41, 5.74) is 1.43. The largest absolute Gasteiger partial charge is 0.354 e. The first kappa shape index (κ1) is 17.0. The van der Waals surface area contributed by atoms with Crippen molar-refractivity contribution in [3.05, 3.63) is 59.4 Å². The Morgan fingerprint density at radius 2 is 2.04 bits per heavy atom. The number of carbonyl (C=O) groups excluding carboxylic acids is 1. The van der Waals surface area contributed by atoms with Gasteiger partial charge in [0, 0.05) is 31.9 Å². The van der Waals surface area contributed by atoms with E-state index in [1.54, 1.807) is 7.05 Å². The van der Waals surface area contributed by atoms with E-state index in [4.69, 9.17) is 0 Å². The van der Waals surface area contributed by atoms with Gasteiger partial charge in [-0.3, -0.25) is 18.8 Å². The van der Waals surface area contributed by atoms with Crippen LogP contribution < -0.4 is 10.9 Å². The van der Waals surface area contributed by atoms with Crippen LogP contribution in [0, 0.1) is 0 Å². The predicted molar refractivity (Wildman–Crippen MR) is 102 cm³/mol. The molecule has 4 aromatic rings. The quantitative estimate of drug-likeness (QED) is 0.522. The molecule has 1 aromatic carbocycles. The normalized spacial score (nSPS) is 11.3. The van der Waals surface area contributed by atoms with E-state index in [1.807, 2.05) is 12.1 Å². The number of fused-ring (bicyclic) bond motifs is 2. The molecule has 0 saturated heterocycles. The lowest BCUT2D eigenvalue weighted by Crippen LogP contribution is -2.33. The molecule has 3 heterocycles. The zero-order valence-electron chi connectivity index (χ0n) is 15.0. The molecule has 27 heavy (non-hydrogen) atoms. The second-order valence-electron chi connectivity index (χ2n) is 6.45. The van der Waals surface area contributed by atoms with Crippen LogP contribution >= 0.6 is 0 Å². The maximum absolute atomic E-state index is 12.4. The number of rotatable bonds is 6. The molecule has 0 saturated carbocycles. The SMILES string of the molecule is Cn1ncc2c(=O)n(CC(=O)NCCCn3ccc4ccccc43)cnc21. The molecule has 0 bridgehead atoms. The fraction of sp³-hybridized carbons (Fsp3) is 0.263. The predicted octanol–water partition coefficient (Wildman–Crippen LogP) is 1.29. The lowest BCUT2D eigenvalue weighted by atomic mass is 10.2. The summed E-state index contributed by atoms with van der Waals surface area (Å²) in [7, 11) is 1.72. The monoisotopic (exact) mass is 364 g/mol. The molecule has 4 rings (SSSR count). The average Bonchev–Trinajstić information content (AvgIpc) is 3.25. The number of para-hydroxylation sites is 1. The number of aromatic nitrogens is 5. The van der Waals surface area contributed by atoms with Crippen LogP contribution in [0.15, 0.2) is 53.8 Å². The van der Waals surface area contributed by atoms with Gasteiger partial charge in [-0.25, -0.2) is 4.98 Å². The van der Waals surface area contributed by atoms with Crippen molar-refractivity contribution < 1.29 is 4.79 Å².